The van der Waals surface area contributed by atoms with Crippen molar-refractivity contribution in [3.05, 3.63) is 23.2 Å². The number of aromatic nitrogens is 1. The number of fused-ring (bicyclic) bond motifs is 1. The molecular formula is C12H12ClNO2S. The van der Waals surface area contributed by atoms with Gasteiger partial charge in [-0.05, 0) is 25.0 Å². The molecule has 1 fully saturated rings. The van der Waals surface area contributed by atoms with E-state index in [9.17, 15) is 0 Å². The summed E-state index contributed by atoms with van der Waals surface area (Å²) in [6.45, 7) is 1.67. The fraction of sp³-hybridized carbons (Fsp3) is 0.417. The van der Waals surface area contributed by atoms with Gasteiger partial charge in [0.1, 0.15) is 5.52 Å². The zero-order chi connectivity index (χ0) is 11.7. The second-order valence-corrected chi connectivity index (χ2v) is 5.71. The Hall–Kier alpha value is -0.710. The highest BCUT2D eigenvalue weighted by Crippen LogP contribution is 2.32. The molecule has 0 saturated carbocycles. The molecule has 2 heterocycles. The van der Waals surface area contributed by atoms with Gasteiger partial charge in [0, 0.05) is 29.6 Å². The average molecular weight is 270 g/mol. The van der Waals surface area contributed by atoms with Gasteiger partial charge in [0.25, 0.3) is 5.22 Å². The molecular weight excluding hydrogens is 258 g/mol. The van der Waals surface area contributed by atoms with Crippen molar-refractivity contribution in [3.63, 3.8) is 0 Å². The predicted molar refractivity (Wildman–Crippen MR) is 68.7 cm³/mol. The van der Waals surface area contributed by atoms with Crippen molar-refractivity contribution in [3.8, 4) is 0 Å². The van der Waals surface area contributed by atoms with Crippen LogP contribution in [0.1, 0.15) is 12.8 Å². The second-order valence-electron chi connectivity index (χ2n) is 4.02. The number of halogens is 1. The third-order valence-corrected chi connectivity index (χ3v) is 4.18. The Bertz CT molecular complexity index is 522. The molecule has 0 spiro atoms. The van der Waals surface area contributed by atoms with Gasteiger partial charge in [-0.1, -0.05) is 23.4 Å². The molecule has 0 N–H and O–H groups in total. The van der Waals surface area contributed by atoms with Crippen LogP contribution in [0.5, 0.6) is 0 Å². The molecule has 0 bridgehead atoms. The summed E-state index contributed by atoms with van der Waals surface area (Å²) in [5.74, 6) is 0. The van der Waals surface area contributed by atoms with E-state index in [-0.39, 0.29) is 0 Å². The van der Waals surface area contributed by atoms with Gasteiger partial charge < -0.3 is 9.15 Å². The van der Waals surface area contributed by atoms with Crippen LogP contribution in [0, 0.1) is 0 Å². The van der Waals surface area contributed by atoms with E-state index in [1.807, 2.05) is 12.1 Å². The lowest BCUT2D eigenvalue weighted by Gasteiger charge is -2.19. The average Bonchev–Trinajstić information content (AvgIpc) is 2.71. The van der Waals surface area contributed by atoms with E-state index in [0.717, 1.165) is 42.4 Å². The molecule has 0 aliphatic carbocycles. The Kier molecular flexibility index (Phi) is 3.27. The van der Waals surface area contributed by atoms with E-state index in [1.165, 1.54) is 0 Å². The van der Waals surface area contributed by atoms with E-state index in [2.05, 4.69) is 4.98 Å². The number of ether oxygens (including phenoxy) is 1. The number of hydrogen-bond acceptors (Lipinski definition) is 4. The smallest absolute Gasteiger partial charge is 0.257 e. The van der Waals surface area contributed by atoms with Crippen molar-refractivity contribution in [2.24, 2.45) is 0 Å². The van der Waals surface area contributed by atoms with Crippen molar-refractivity contribution in [2.75, 3.05) is 13.2 Å². The van der Waals surface area contributed by atoms with Crippen molar-refractivity contribution in [1.82, 2.24) is 4.98 Å². The highest BCUT2D eigenvalue weighted by molar-refractivity contribution is 7.99. The van der Waals surface area contributed by atoms with E-state index in [4.69, 9.17) is 20.8 Å². The fourth-order valence-electron chi connectivity index (χ4n) is 1.86. The van der Waals surface area contributed by atoms with Gasteiger partial charge in [0.05, 0.1) is 0 Å². The molecule has 1 aliphatic heterocycles. The minimum Gasteiger partial charge on any atom is -0.431 e. The molecule has 3 rings (SSSR count). The molecule has 0 radical (unpaired) electrons. The highest BCUT2D eigenvalue weighted by Gasteiger charge is 2.18. The number of thioether (sulfide) groups is 1. The molecule has 17 heavy (non-hydrogen) atoms. The quantitative estimate of drug-likeness (QED) is 0.832. The lowest BCUT2D eigenvalue weighted by molar-refractivity contribution is 0.0998. The van der Waals surface area contributed by atoms with E-state index in [0.29, 0.717) is 10.3 Å². The summed E-state index contributed by atoms with van der Waals surface area (Å²) in [7, 11) is 0. The monoisotopic (exact) mass is 269 g/mol. The van der Waals surface area contributed by atoms with Gasteiger partial charge in [0.15, 0.2) is 5.58 Å². The molecule has 1 aromatic heterocycles. The summed E-state index contributed by atoms with van der Waals surface area (Å²) in [6, 6.07) is 5.52. The Morgan fingerprint density at radius 2 is 2.12 bits per heavy atom. The minimum absolute atomic E-state index is 0.548. The maximum Gasteiger partial charge on any atom is 0.257 e. The number of nitrogens with zero attached hydrogens (tertiary/aromatic N) is 1. The van der Waals surface area contributed by atoms with E-state index in [1.54, 1.807) is 17.8 Å². The van der Waals surface area contributed by atoms with E-state index >= 15 is 0 Å². The molecule has 1 saturated heterocycles. The van der Waals surface area contributed by atoms with Gasteiger partial charge in [-0.3, -0.25) is 0 Å². The van der Waals surface area contributed by atoms with Crippen LogP contribution in [-0.4, -0.2) is 23.4 Å². The Morgan fingerprint density at radius 3 is 2.94 bits per heavy atom. The summed E-state index contributed by atoms with van der Waals surface area (Å²) >= 11 is 7.60. The van der Waals surface area contributed by atoms with Crippen molar-refractivity contribution < 1.29 is 9.15 Å². The van der Waals surface area contributed by atoms with Crippen LogP contribution in [0.2, 0.25) is 5.02 Å². The molecule has 90 valence electrons. The number of oxazole rings is 1. The van der Waals surface area contributed by atoms with Gasteiger partial charge in [0.2, 0.25) is 0 Å². The zero-order valence-corrected chi connectivity index (χ0v) is 10.8. The normalized spacial score (nSPS) is 17.7. The van der Waals surface area contributed by atoms with Gasteiger partial charge in [-0.25, -0.2) is 4.98 Å². The number of benzene rings is 1. The predicted octanol–water partition coefficient (Wildman–Crippen LogP) is 3.75. The number of hydrogen-bond donors (Lipinski definition) is 0. The zero-order valence-electron chi connectivity index (χ0n) is 9.19. The van der Waals surface area contributed by atoms with Crippen LogP contribution in [0.15, 0.2) is 27.8 Å². The summed E-state index contributed by atoms with van der Waals surface area (Å²) in [6.07, 6.45) is 2.12. The summed E-state index contributed by atoms with van der Waals surface area (Å²) in [5, 5.41) is 1.96. The molecule has 5 heteroatoms. The minimum atomic E-state index is 0.548. The molecule has 1 aromatic carbocycles. The van der Waals surface area contributed by atoms with Crippen LogP contribution in [-0.2, 0) is 4.74 Å². The Morgan fingerprint density at radius 1 is 1.29 bits per heavy atom. The molecule has 0 amide bonds. The molecule has 1 aliphatic rings. The SMILES string of the molecule is Clc1ccc2nc(SC3CCOCC3)oc2c1. The van der Waals surface area contributed by atoms with Crippen LogP contribution in [0.25, 0.3) is 11.1 Å². The Labute approximate surface area is 108 Å². The van der Waals surface area contributed by atoms with Crippen LogP contribution in [0.4, 0.5) is 0 Å². The molecule has 0 unspecified atom stereocenters. The van der Waals surface area contributed by atoms with Crippen molar-refractivity contribution in [1.29, 1.82) is 0 Å². The first-order valence-electron chi connectivity index (χ1n) is 5.62. The van der Waals surface area contributed by atoms with Crippen molar-refractivity contribution >= 4 is 34.5 Å². The first kappa shape index (κ1) is 11.4. The standard InChI is InChI=1S/C12H12ClNO2S/c13-8-1-2-10-11(7-8)16-12(14-10)17-9-3-5-15-6-4-9/h1-2,7,9H,3-6H2. The first-order chi connectivity index (χ1) is 8.31. The first-order valence-corrected chi connectivity index (χ1v) is 6.87. The molecule has 0 atom stereocenters. The topological polar surface area (TPSA) is 35.3 Å². The fourth-order valence-corrected chi connectivity index (χ4v) is 3.03. The molecule has 3 nitrogen and oxygen atoms in total. The number of rotatable bonds is 2. The third kappa shape index (κ3) is 2.59. The Balaban J connectivity index is 1.80. The van der Waals surface area contributed by atoms with Gasteiger partial charge >= 0.3 is 0 Å². The van der Waals surface area contributed by atoms with Crippen LogP contribution in [0.3, 0.4) is 0 Å². The third-order valence-electron chi connectivity index (χ3n) is 2.77. The largest absolute Gasteiger partial charge is 0.431 e. The highest BCUT2D eigenvalue weighted by atomic mass is 35.5. The maximum atomic E-state index is 5.91. The summed E-state index contributed by atoms with van der Waals surface area (Å²) in [4.78, 5) is 4.44. The lowest BCUT2D eigenvalue weighted by Crippen LogP contribution is -2.17. The summed E-state index contributed by atoms with van der Waals surface area (Å²) in [5.41, 5.74) is 1.62. The van der Waals surface area contributed by atoms with Gasteiger partial charge in [-0.2, -0.15) is 0 Å². The lowest BCUT2D eigenvalue weighted by atomic mass is 10.2. The van der Waals surface area contributed by atoms with Gasteiger partial charge in [-0.15, -0.1) is 0 Å². The van der Waals surface area contributed by atoms with Crippen LogP contribution < -0.4 is 0 Å². The molecule has 2 aromatic rings. The van der Waals surface area contributed by atoms with Crippen molar-refractivity contribution in [2.45, 2.75) is 23.3 Å². The second kappa shape index (κ2) is 4.88. The summed E-state index contributed by atoms with van der Waals surface area (Å²) < 4.78 is 11.0. The van der Waals surface area contributed by atoms with E-state index < -0.39 is 0 Å². The van der Waals surface area contributed by atoms with Crippen LogP contribution >= 0.6 is 23.4 Å². The maximum absolute atomic E-state index is 5.91.